The van der Waals surface area contributed by atoms with Crippen LogP contribution < -0.4 is 5.32 Å². The molecule has 0 unspecified atom stereocenters. The van der Waals surface area contributed by atoms with Gasteiger partial charge in [-0.2, -0.15) is 0 Å². The van der Waals surface area contributed by atoms with E-state index in [9.17, 15) is 4.79 Å². The fourth-order valence-electron chi connectivity index (χ4n) is 1.74. The average molecular weight is 277 g/mol. The number of carboxylic acid groups (broad SMARTS) is 1. The molecule has 0 fully saturated rings. The molecule has 0 radical (unpaired) electrons. The van der Waals surface area contributed by atoms with Crippen LogP contribution in [-0.2, 0) is 17.9 Å². The molecular formula is C14H15NO3S. The highest BCUT2D eigenvalue weighted by atomic mass is 32.1. The van der Waals surface area contributed by atoms with Crippen molar-refractivity contribution < 1.29 is 14.6 Å². The molecule has 2 aromatic rings. The Kier molecular flexibility index (Phi) is 4.54. The first-order valence-corrected chi connectivity index (χ1v) is 6.65. The molecule has 100 valence electrons. The summed E-state index contributed by atoms with van der Waals surface area (Å²) in [6.07, 6.45) is 0. The Morgan fingerprint density at radius 1 is 1.32 bits per heavy atom. The normalized spacial score (nSPS) is 10.4. The number of carboxylic acids is 1. The number of ether oxygens (including phenoxy) is 1. The molecule has 2 N–H and O–H groups in total. The van der Waals surface area contributed by atoms with Crippen molar-refractivity contribution in [2.24, 2.45) is 0 Å². The van der Waals surface area contributed by atoms with Gasteiger partial charge in [0.15, 0.2) is 0 Å². The predicted molar refractivity (Wildman–Crippen MR) is 75.8 cm³/mol. The average Bonchev–Trinajstić information content (AvgIpc) is 2.87. The van der Waals surface area contributed by atoms with E-state index in [2.05, 4.69) is 5.32 Å². The molecule has 0 aliphatic rings. The van der Waals surface area contributed by atoms with Gasteiger partial charge in [0.2, 0.25) is 0 Å². The lowest BCUT2D eigenvalue weighted by Crippen LogP contribution is -2.01. The second kappa shape index (κ2) is 6.36. The molecule has 0 spiro atoms. The van der Waals surface area contributed by atoms with Crippen LogP contribution in [0.15, 0.2) is 36.4 Å². The summed E-state index contributed by atoms with van der Waals surface area (Å²) in [6, 6.07) is 11.4. The van der Waals surface area contributed by atoms with E-state index < -0.39 is 5.97 Å². The number of anilines is 1. The van der Waals surface area contributed by atoms with Crippen LogP contribution in [0.4, 0.5) is 5.69 Å². The predicted octanol–water partition coefficient (Wildman–Crippen LogP) is 3.20. The number of para-hydroxylation sites is 1. The minimum Gasteiger partial charge on any atom is -0.477 e. The molecule has 1 aromatic heterocycles. The van der Waals surface area contributed by atoms with Gasteiger partial charge in [-0.3, -0.25) is 0 Å². The lowest BCUT2D eigenvalue weighted by molar-refractivity contribution is 0.0702. The van der Waals surface area contributed by atoms with Crippen LogP contribution in [0.5, 0.6) is 0 Å². The third kappa shape index (κ3) is 3.56. The van der Waals surface area contributed by atoms with Gasteiger partial charge in [-0.1, -0.05) is 18.2 Å². The molecule has 0 saturated heterocycles. The van der Waals surface area contributed by atoms with Gasteiger partial charge in [-0.25, -0.2) is 4.79 Å². The summed E-state index contributed by atoms with van der Waals surface area (Å²) in [7, 11) is 1.66. The van der Waals surface area contributed by atoms with Crippen LogP contribution in [0.1, 0.15) is 20.1 Å². The molecule has 19 heavy (non-hydrogen) atoms. The molecule has 2 rings (SSSR count). The number of methoxy groups -OCH3 is 1. The van der Waals surface area contributed by atoms with Crippen molar-refractivity contribution >= 4 is 23.0 Å². The minimum absolute atomic E-state index is 0.363. The fraction of sp³-hybridized carbons (Fsp3) is 0.214. The largest absolute Gasteiger partial charge is 0.477 e. The Morgan fingerprint density at radius 2 is 2.11 bits per heavy atom. The first-order valence-electron chi connectivity index (χ1n) is 5.83. The van der Waals surface area contributed by atoms with Crippen LogP contribution >= 0.6 is 11.3 Å². The third-order valence-corrected chi connectivity index (χ3v) is 3.72. The maximum absolute atomic E-state index is 10.8. The monoisotopic (exact) mass is 277 g/mol. The second-order valence-corrected chi connectivity index (χ2v) is 5.18. The van der Waals surface area contributed by atoms with Crippen LogP contribution in [0.3, 0.4) is 0 Å². The van der Waals surface area contributed by atoms with Crippen LogP contribution in [0, 0.1) is 0 Å². The van der Waals surface area contributed by atoms with Crippen molar-refractivity contribution in [1.82, 2.24) is 0 Å². The van der Waals surface area contributed by atoms with Crippen molar-refractivity contribution in [3.05, 3.63) is 51.7 Å². The Labute approximate surface area is 115 Å². The van der Waals surface area contributed by atoms with E-state index in [1.54, 1.807) is 13.2 Å². The quantitative estimate of drug-likeness (QED) is 0.851. The van der Waals surface area contributed by atoms with Gasteiger partial charge in [-0.05, 0) is 18.2 Å². The molecule has 1 heterocycles. The van der Waals surface area contributed by atoms with E-state index in [0.29, 0.717) is 18.0 Å². The molecule has 5 heteroatoms. The summed E-state index contributed by atoms with van der Waals surface area (Å²) in [4.78, 5) is 12.2. The molecule has 0 saturated carbocycles. The molecule has 0 bridgehead atoms. The summed E-state index contributed by atoms with van der Waals surface area (Å²) in [5, 5.41) is 12.2. The number of aromatic carboxylic acids is 1. The number of hydrogen-bond acceptors (Lipinski definition) is 4. The molecule has 0 amide bonds. The molecule has 0 aliphatic carbocycles. The van der Waals surface area contributed by atoms with Gasteiger partial charge < -0.3 is 15.2 Å². The standard InChI is InChI=1S/C14H15NO3S/c1-18-9-10-4-2-3-5-12(10)15-8-11-6-7-13(19-11)14(16)17/h2-7,15H,8-9H2,1H3,(H,16,17). The lowest BCUT2D eigenvalue weighted by Gasteiger charge is -2.10. The maximum atomic E-state index is 10.8. The summed E-state index contributed by atoms with van der Waals surface area (Å²) in [5.41, 5.74) is 2.09. The second-order valence-electron chi connectivity index (χ2n) is 4.01. The van der Waals surface area contributed by atoms with Gasteiger partial charge in [-0.15, -0.1) is 11.3 Å². The summed E-state index contributed by atoms with van der Waals surface area (Å²) >= 11 is 1.29. The van der Waals surface area contributed by atoms with Crippen molar-refractivity contribution in [3.8, 4) is 0 Å². The van der Waals surface area contributed by atoms with Gasteiger partial charge >= 0.3 is 5.97 Å². The van der Waals surface area contributed by atoms with Gasteiger partial charge in [0.05, 0.1) is 6.61 Å². The Bertz CT molecular complexity index is 565. The van der Waals surface area contributed by atoms with Gasteiger partial charge in [0, 0.05) is 29.8 Å². The van der Waals surface area contributed by atoms with E-state index in [1.165, 1.54) is 11.3 Å². The SMILES string of the molecule is COCc1ccccc1NCc1ccc(C(=O)O)s1. The van der Waals surface area contributed by atoms with Gasteiger partial charge in [0.25, 0.3) is 0 Å². The lowest BCUT2D eigenvalue weighted by atomic mass is 10.2. The number of benzene rings is 1. The highest BCUT2D eigenvalue weighted by molar-refractivity contribution is 7.13. The third-order valence-electron chi connectivity index (χ3n) is 2.64. The van der Waals surface area contributed by atoms with Crippen molar-refractivity contribution in [2.45, 2.75) is 13.2 Å². The summed E-state index contributed by atoms with van der Waals surface area (Å²) < 4.78 is 5.14. The van der Waals surface area contributed by atoms with Crippen LogP contribution in [0.25, 0.3) is 0 Å². The van der Waals surface area contributed by atoms with E-state index in [1.807, 2.05) is 30.3 Å². The number of thiophene rings is 1. The maximum Gasteiger partial charge on any atom is 0.345 e. The Hall–Kier alpha value is -1.85. The minimum atomic E-state index is -0.879. The summed E-state index contributed by atoms with van der Waals surface area (Å²) in [5.74, 6) is -0.879. The van der Waals surface area contributed by atoms with Crippen LogP contribution in [0.2, 0.25) is 0 Å². The zero-order valence-electron chi connectivity index (χ0n) is 10.6. The molecule has 1 aromatic carbocycles. The van der Waals surface area contributed by atoms with Gasteiger partial charge in [0.1, 0.15) is 4.88 Å². The Balaban J connectivity index is 2.03. The molecule has 4 nitrogen and oxygen atoms in total. The Morgan fingerprint density at radius 3 is 2.79 bits per heavy atom. The summed E-state index contributed by atoms with van der Waals surface area (Å²) in [6.45, 7) is 1.16. The van der Waals surface area contributed by atoms with E-state index >= 15 is 0 Å². The highest BCUT2D eigenvalue weighted by Crippen LogP contribution is 2.20. The van der Waals surface area contributed by atoms with Crippen molar-refractivity contribution in [3.63, 3.8) is 0 Å². The molecule has 0 atom stereocenters. The zero-order valence-corrected chi connectivity index (χ0v) is 11.4. The topological polar surface area (TPSA) is 58.6 Å². The number of rotatable bonds is 6. The van der Waals surface area contributed by atoms with Crippen molar-refractivity contribution in [1.29, 1.82) is 0 Å². The number of carbonyl (C=O) groups is 1. The number of hydrogen-bond donors (Lipinski definition) is 2. The fourth-order valence-corrected chi connectivity index (χ4v) is 2.53. The molecule has 0 aliphatic heterocycles. The van der Waals surface area contributed by atoms with Crippen LogP contribution in [-0.4, -0.2) is 18.2 Å². The first-order chi connectivity index (χ1) is 9.20. The smallest absolute Gasteiger partial charge is 0.345 e. The van der Waals surface area contributed by atoms with E-state index in [0.717, 1.165) is 16.1 Å². The first kappa shape index (κ1) is 13.6. The van der Waals surface area contributed by atoms with Crippen molar-refractivity contribution in [2.75, 3.05) is 12.4 Å². The van der Waals surface area contributed by atoms with E-state index in [4.69, 9.17) is 9.84 Å². The number of nitrogens with one attached hydrogen (secondary N) is 1. The molecular weight excluding hydrogens is 262 g/mol. The highest BCUT2D eigenvalue weighted by Gasteiger charge is 2.07. The zero-order chi connectivity index (χ0) is 13.7. The van der Waals surface area contributed by atoms with E-state index in [-0.39, 0.29) is 0 Å².